The molecule has 1 aliphatic heterocycles. The number of ether oxygens (including phenoxy) is 1. The summed E-state index contributed by atoms with van der Waals surface area (Å²) in [6.07, 6.45) is -2.28. The lowest BCUT2D eigenvalue weighted by Crippen LogP contribution is -2.51. The van der Waals surface area contributed by atoms with E-state index in [1.807, 2.05) is 0 Å². The second-order valence-electron chi connectivity index (χ2n) is 7.38. The van der Waals surface area contributed by atoms with Gasteiger partial charge >= 0.3 is 12.5 Å². The van der Waals surface area contributed by atoms with Crippen molar-refractivity contribution in [1.29, 1.82) is 0 Å². The highest BCUT2D eigenvalue weighted by molar-refractivity contribution is 5.80. The molecule has 2 atom stereocenters. The Bertz CT molecular complexity index is 938. The minimum absolute atomic E-state index is 0.0260. The maximum Gasteiger partial charge on any atom is 0.405 e. The maximum atomic E-state index is 13.8. The molecule has 2 aromatic rings. The van der Waals surface area contributed by atoms with Crippen molar-refractivity contribution in [2.75, 3.05) is 6.67 Å². The summed E-state index contributed by atoms with van der Waals surface area (Å²) in [6, 6.07) is 5.58. The summed E-state index contributed by atoms with van der Waals surface area (Å²) >= 11 is 0. The highest BCUT2D eigenvalue weighted by Gasteiger charge is 2.52. The number of rotatable bonds is 6. The van der Waals surface area contributed by atoms with E-state index in [1.54, 1.807) is 24.3 Å². The Labute approximate surface area is 176 Å². The summed E-state index contributed by atoms with van der Waals surface area (Å²) in [5, 5.41) is 10.8. The Kier molecular flexibility index (Phi) is 6.44. The van der Waals surface area contributed by atoms with Crippen molar-refractivity contribution in [2.45, 2.75) is 44.7 Å². The molecule has 2 N–H and O–H groups in total. The second kappa shape index (κ2) is 8.88. The van der Waals surface area contributed by atoms with Gasteiger partial charge in [-0.2, -0.15) is 8.78 Å². The van der Waals surface area contributed by atoms with Crippen LogP contribution in [0.5, 0.6) is 0 Å². The molecule has 2 heterocycles. The van der Waals surface area contributed by atoms with Gasteiger partial charge in [-0.05, 0) is 25.0 Å². The normalized spacial score (nSPS) is 20.1. The summed E-state index contributed by atoms with van der Waals surface area (Å²) in [4.78, 5) is 31.4. The van der Waals surface area contributed by atoms with Crippen LogP contribution < -0.4 is 5.32 Å². The lowest BCUT2D eigenvalue weighted by atomic mass is 9.99. The van der Waals surface area contributed by atoms with E-state index in [4.69, 9.17) is 9.84 Å². The first-order valence-electron chi connectivity index (χ1n) is 9.37. The number of aromatic nitrogens is 2. The van der Waals surface area contributed by atoms with Gasteiger partial charge in [0.1, 0.15) is 24.3 Å². The van der Waals surface area contributed by atoms with Gasteiger partial charge in [0.05, 0.1) is 12.6 Å². The predicted octanol–water partition coefficient (Wildman–Crippen LogP) is 3.15. The van der Waals surface area contributed by atoms with Crippen LogP contribution in [0.1, 0.15) is 31.3 Å². The monoisotopic (exact) mass is 438 g/mol. The van der Waals surface area contributed by atoms with E-state index >= 15 is 0 Å². The molecular weight excluding hydrogens is 417 g/mol. The highest BCUT2D eigenvalue weighted by Crippen LogP contribution is 2.42. The van der Waals surface area contributed by atoms with Crippen molar-refractivity contribution in [2.24, 2.45) is 0 Å². The topological polar surface area (TPSA) is 105 Å². The van der Waals surface area contributed by atoms with Crippen LogP contribution in [0.4, 0.5) is 18.0 Å². The Morgan fingerprint density at radius 2 is 1.81 bits per heavy atom. The van der Waals surface area contributed by atoms with E-state index in [0.717, 1.165) is 10.5 Å². The fourth-order valence-electron chi connectivity index (χ4n) is 3.57. The van der Waals surface area contributed by atoms with Gasteiger partial charge in [-0.25, -0.2) is 19.2 Å². The molecule has 1 fully saturated rings. The minimum Gasteiger partial charge on any atom is -0.465 e. The number of hydrogen-bond donors (Lipinski definition) is 2. The summed E-state index contributed by atoms with van der Waals surface area (Å²) in [5.74, 6) is -1.17. The van der Waals surface area contributed by atoms with Gasteiger partial charge in [0.25, 0.3) is 5.91 Å². The van der Waals surface area contributed by atoms with Crippen LogP contribution in [0.3, 0.4) is 0 Å². The van der Waals surface area contributed by atoms with E-state index in [2.05, 4.69) is 15.3 Å². The van der Waals surface area contributed by atoms with Crippen LogP contribution in [0.2, 0.25) is 0 Å². The predicted molar refractivity (Wildman–Crippen MR) is 103 cm³/mol. The Morgan fingerprint density at radius 1 is 1.19 bits per heavy atom. The van der Waals surface area contributed by atoms with Crippen molar-refractivity contribution in [3.8, 4) is 11.1 Å². The lowest BCUT2D eigenvalue weighted by molar-refractivity contribution is -0.159. The number of nitrogens with one attached hydrogen (secondary N) is 1. The second-order valence-corrected chi connectivity index (χ2v) is 7.38. The molecule has 166 valence electrons. The molecule has 0 aliphatic carbocycles. The number of carboxylic acid groups (broad SMARTS) is 1. The standard InChI is InChI=1S/C20H21F3N4O4/c1-20(2)27(18(28)17(22)23)14(7-21)16(31-20)12-5-3-11(4-6-12)13-8-24-15(25-9-13)10-26-19(29)30/h3-6,8-9,14,16-17,26H,7,10H2,1-2H3,(H,29,30)/t14-,16-/m1/s1. The molecule has 0 bridgehead atoms. The largest absolute Gasteiger partial charge is 0.465 e. The van der Waals surface area contributed by atoms with E-state index in [-0.39, 0.29) is 6.54 Å². The minimum atomic E-state index is -3.26. The van der Waals surface area contributed by atoms with Gasteiger partial charge < -0.3 is 20.1 Å². The molecule has 31 heavy (non-hydrogen) atoms. The summed E-state index contributed by atoms with van der Waals surface area (Å²) in [6.45, 7) is 1.83. The van der Waals surface area contributed by atoms with Crippen LogP contribution in [0.25, 0.3) is 11.1 Å². The lowest BCUT2D eigenvalue weighted by Gasteiger charge is -2.32. The fourth-order valence-corrected chi connectivity index (χ4v) is 3.57. The van der Waals surface area contributed by atoms with Crippen molar-refractivity contribution >= 4 is 12.0 Å². The number of carbonyl (C=O) groups is 2. The average molecular weight is 438 g/mol. The molecule has 8 nitrogen and oxygen atoms in total. The number of amides is 2. The Balaban J connectivity index is 1.79. The molecule has 0 spiro atoms. The number of carbonyl (C=O) groups excluding carboxylic acids is 1. The summed E-state index contributed by atoms with van der Waals surface area (Å²) in [7, 11) is 0. The molecule has 2 amide bonds. The summed E-state index contributed by atoms with van der Waals surface area (Å²) < 4.78 is 45.6. The molecular formula is C20H21F3N4O4. The van der Waals surface area contributed by atoms with Gasteiger partial charge in [-0.1, -0.05) is 24.3 Å². The van der Waals surface area contributed by atoms with Crippen LogP contribution in [-0.4, -0.2) is 56.8 Å². The Morgan fingerprint density at radius 3 is 2.32 bits per heavy atom. The van der Waals surface area contributed by atoms with Gasteiger partial charge in [-0.3, -0.25) is 4.79 Å². The van der Waals surface area contributed by atoms with Crippen LogP contribution >= 0.6 is 0 Å². The smallest absolute Gasteiger partial charge is 0.405 e. The SMILES string of the molecule is CC1(C)O[C@H](c2ccc(-c3cnc(CNC(=O)O)nc3)cc2)[C@@H](CF)N1C(=O)C(F)F. The van der Waals surface area contributed by atoms with Crippen molar-refractivity contribution in [3.05, 3.63) is 48.0 Å². The van der Waals surface area contributed by atoms with Crippen molar-refractivity contribution < 1.29 is 32.6 Å². The van der Waals surface area contributed by atoms with Gasteiger partial charge in [0.2, 0.25) is 0 Å². The third-order valence-corrected chi connectivity index (χ3v) is 4.93. The molecule has 1 saturated heterocycles. The average Bonchev–Trinajstić information content (AvgIpc) is 3.02. The van der Waals surface area contributed by atoms with E-state index in [1.165, 1.54) is 26.2 Å². The highest BCUT2D eigenvalue weighted by atomic mass is 19.3. The van der Waals surface area contributed by atoms with Gasteiger partial charge in [0, 0.05) is 18.0 Å². The zero-order valence-corrected chi connectivity index (χ0v) is 16.8. The molecule has 0 unspecified atom stereocenters. The summed E-state index contributed by atoms with van der Waals surface area (Å²) in [5.41, 5.74) is 0.541. The molecule has 1 aliphatic rings. The fraction of sp³-hybridized carbons (Fsp3) is 0.400. The third kappa shape index (κ3) is 4.76. The molecule has 0 radical (unpaired) electrons. The zero-order valence-electron chi connectivity index (χ0n) is 16.8. The first-order valence-corrected chi connectivity index (χ1v) is 9.37. The van der Waals surface area contributed by atoms with E-state index < -0.39 is 43.0 Å². The molecule has 0 saturated carbocycles. The maximum absolute atomic E-state index is 13.8. The number of nitrogens with zero attached hydrogens (tertiary/aromatic N) is 3. The van der Waals surface area contributed by atoms with E-state index in [9.17, 15) is 22.8 Å². The van der Waals surface area contributed by atoms with Crippen LogP contribution in [0.15, 0.2) is 36.7 Å². The Hall–Kier alpha value is -3.21. The quantitative estimate of drug-likeness (QED) is 0.718. The zero-order chi connectivity index (χ0) is 22.8. The number of alkyl halides is 3. The molecule has 11 heteroatoms. The van der Waals surface area contributed by atoms with E-state index in [0.29, 0.717) is 17.0 Å². The van der Waals surface area contributed by atoms with Gasteiger partial charge in [-0.15, -0.1) is 0 Å². The van der Waals surface area contributed by atoms with Gasteiger partial charge in [0.15, 0.2) is 0 Å². The van der Waals surface area contributed by atoms with Crippen molar-refractivity contribution in [3.63, 3.8) is 0 Å². The van der Waals surface area contributed by atoms with Crippen LogP contribution in [-0.2, 0) is 16.1 Å². The first-order chi connectivity index (χ1) is 14.6. The molecule has 1 aromatic heterocycles. The number of benzene rings is 1. The van der Waals surface area contributed by atoms with Crippen LogP contribution in [0, 0.1) is 0 Å². The number of hydrogen-bond acceptors (Lipinski definition) is 5. The van der Waals surface area contributed by atoms with Crippen molar-refractivity contribution in [1.82, 2.24) is 20.2 Å². The molecule has 1 aromatic carbocycles. The third-order valence-electron chi connectivity index (χ3n) is 4.93. The molecule has 3 rings (SSSR count). The first kappa shape index (κ1) is 22.5. The number of halogens is 3.